The summed E-state index contributed by atoms with van der Waals surface area (Å²) >= 11 is 0. The summed E-state index contributed by atoms with van der Waals surface area (Å²) in [4.78, 5) is 27.1. The number of hydrogen-bond acceptors (Lipinski definition) is 5. The average molecular weight is 266 g/mol. The largest absolute Gasteiger partial charge is 0.480 e. The summed E-state index contributed by atoms with van der Waals surface area (Å²) in [5.74, 6) is -3.10. The van der Waals surface area contributed by atoms with Gasteiger partial charge in [-0.1, -0.05) is 6.07 Å². The van der Waals surface area contributed by atoms with Gasteiger partial charge in [-0.15, -0.1) is 0 Å². The summed E-state index contributed by atoms with van der Waals surface area (Å²) in [6.07, 6.45) is 1.47. The molecule has 3 N–H and O–H groups in total. The average Bonchev–Trinajstić information content (AvgIpc) is 2.28. The van der Waals surface area contributed by atoms with Gasteiger partial charge in [0.25, 0.3) is 0 Å². The molecule has 2 atom stereocenters. The summed E-state index contributed by atoms with van der Waals surface area (Å²) in [5, 5.41) is 9.00. The maximum Gasteiger partial charge on any atom is 0.321 e. The minimum absolute atomic E-state index is 0.284. The predicted molar refractivity (Wildman–Crippen MR) is 68.4 cm³/mol. The molecule has 1 aromatic heterocycles. The number of ether oxygens (including phenoxy) is 1. The Morgan fingerprint density at radius 1 is 1.37 bits per heavy atom. The molecule has 6 nitrogen and oxygen atoms in total. The molecule has 0 fully saturated rings. The second-order valence-corrected chi connectivity index (χ2v) is 5.13. The standard InChI is InChI=1S/C13H18N2O4/c1-13(2,3)19-12(18)9(10(14)11(16)17)8-6-4-5-7-15-8/h4-7,9-10H,14H2,1-3H3,(H,16,17). The third-order valence-electron chi connectivity index (χ3n) is 2.31. The van der Waals surface area contributed by atoms with Gasteiger partial charge in [0.05, 0.1) is 5.69 Å². The number of carbonyl (C=O) groups is 2. The Kier molecular flexibility index (Phi) is 4.61. The molecule has 0 spiro atoms. The summed E-state index contributed by atoms with van der Waals surface area (Å²) in [5.41, 5.74) is 5.14. The van der Waals surface area contributed by atoms with Gasteiger partial charge in [0, 0.05) is 6.20 Å². The second-order valence-electron chi connectivity index (χ2n) is 5.13. The first kappa shape index (κ1) is 15.1. The van der Waals surface area contributed by atoms with Gasteiger partial charge in [-0.2, -0.15) is 0 Å². The molecule has 0 radical (unpaired) electrons. The first-order chi connectivity index (χ1) is 8.72. The van der Waals surface area contributed by atoms with Crippen molar-refractivity contribution in [2.75, 3.05) is 0 Å². The number of aliphatic carboxylic acids is 1. The van der Waals surface area contributed by atoms with E-state index >= 15 is 0 Å². The van der Waals surface area contributed by atoms with E-state index in [2.05, 4.69) is 4.98 Å². The molecule has 0 aromatic carbocycles. The van der Waals surface area contributed by atoms with E-state index in [1.54, 1.807) is 39.0 Å². The molecule has 0 amide bonds. The van der Waals surface area contributed by atoms with E-state index in [9.17, 15) is 9.59 Å². The second kappa shape index (κ2) is 5.79. The zero-order valence-corrected chi connectivity index (χ0v) is 11.2. The summed E-state index contributed by atoms with van der Waals surface area (Å²) in [6.45, 7) is 5.10. The normalized spacial score (nSPS) is 14.5. The van der Waals surface area contributed by atoms with Crippen LogP contribution in [-0.4, -0.2) is 33.7 Å². The number of carboxylic acids is 1. The third-order valence-corrected chi connectivity index (χ3v) is 2.31. The first-order valence-electron chi connectivity index (χ1n) is 5.84. The van der Waals surface area contributed by atoms with Crippen LogP contribution in [0.15, 0.2) is 24.4 Å². The number of hydrogen-bond donors (Lipinski definition) is 2. The lowest BCUT2D eigenvalue weighted by Crippen LogP contribution is -2.43. The predicted octanol–water partition coefficient (Wildman–Crippen LogP) is 0.919. The van der Waals surface area contributed by atoms with Gasteiger partial charge in [0.1, 0.15) is 17.6 Å². The summed E-state index contributed by atoms with van der Waals surface area (Å²) in [7, 11) is 0. The van der Waals surface area contributed by atoms with Gasteiger partial charge >= 0.3 is 11.9 Å². The van der Waals surface area contributed by atoms with Crippen molar-refractivity contribution in [3.8, 4) is 0 Å². The van der Waals surface area contributed by atoms with Crippen molar-refractivity contribution < 1.29 is 19.4 Å². The number of pyridine rings is 1. The number of rotatable bonds is 4. The first-order valence-corrected chi connectivity index (χ1v) is 5.84. The number of carbonyl (C=O) groups excluding carboxylic acids is 1. The van der Waals surface area contributed by atoms with Crippen molar-refractivity contribution in [1.82, 2.24) is 4.98 Å². The van der Waals surface area contributed by atoms with Crippen molar-refractivity contribution in [2.45, 2.75) is 38.3 Å². The molecular formula is C13H18N2O4. The SMILES string of the molecule is CC(C)(C)OC(=O)C(c1ccccn1)C(N)C(=O)O. The molecule has 104 valence electrons. The molecule has 0 saturated heterocycles. The molecule has 0 aliphatic rings. The van der Waals surface area contributed by atoms with Crippen LogP contribution in [0, 0.1) is 0 Å². The smallest absolute Gasteiger partial charge is 0.321 e. The molecule has 1 aromatic rings. The lowest BCUT2D eigenvalue weighted by atomic mass is 9.96. The monoisotopic (exact) mass is 266 g/mol. The van der Waals surface area contributed by atoms with Crippen LogP contribution < -0.4 is 5.73 Å². The minimum atomic E-state index is -1.40. The van der Waals surface area contributed by atoms with Crippen LogP contribution in [0.5, 0.6) is 0 Å². The number of carboxylic acid groups (broad SMARTS) is 1. The van der Waals surface area contributed by atoms with Crippen molar-refractivity contribution in [3.63, 3.8) is 0 Å². The Hall–Kier alpha value is -1.95. The Labute approximate surface area is 111 Å². The molecule has 0 aliphatic heterocycles. The Bertz CT molecular complexity index is 453. The fourth-order valence-corrected chi connectivity index (χ4v) is 1.52. The number of nitrogens with zero attached hydrogens (tertiary/aromatic N) is 1. The van der Waals surface area contributed by atoms with Gasteiger partial charge in [-0.05, 0) is 32.9 Å². The van der Waals surface area contributed by atoms with Crippen LogP contribution in [0.3, 0.4) is 0 Å². The minimum Gasteiger partial charge on any atom is -0.480 e. The highest BCUT2D eigenvalue weighted by Crippen LogP contribution is 2.21. The molecule has 6 heteroatoms. The van der Waals surface area contributed by atoms with Crippen LogP contribution >= 0.6 is 0 Å². The topological polar surface area (TPSA) is 103 Å². The van der Waals surface area contributed by atoms with Crippen LogP contribution in [0.2, 0.25) is 0 Å². The number of aromatic nitrogens is 1. The van der Waals surface area contributed by atoms with E-state index in [-0.39, 0.29) is 5.69 Å². The molecular weight excluding hydrogens is 248 g/mol. The fraction of sp³-hybridized carbons (Fsp3) is 0.462. The van der Waals surface area contributed by atoms with Gasteiger partial charge in [0.2, 0.25) is 0 Å². The lowest BCUT2D eigenvalue weighted by Gasteiger charge is -2.25. The number of nitrogens with two attached hydrogens (primary N) is 1. The highest BCUT2D eigenvalue weighted by Gasteiger charge is 2.36. The van der Waals surface area contributed by atoms with Gasteiger partial charge in [-0.3, -0.25) is 14.6 Å². The van der Waals surface area contributed by atoms with E-state index in [1.165, 1.54) is 6.20 Å². The third kappa shape index (κ3) is 4.33. The quantitative estimate of drug-likeness (QED) is 0.785. The lowest BCUT2D eigenvalue weighted by molar-refractivity contribution is -0.160. The molecule has 0 saturated carbocycles. The van der Waals surface area contributed by atoms with E-state index < -0.39 is 29.5 Å². The highest BCUT2D eigenvalue weighted by molar-refractivity contribution is 5.87. The highest BCUT2D eigenvalue weighted by atomic mass is 16.6. The summed E-state index contributed by atoms with van der Waals surface area (Å²) in [6, 6.07) is 3.48. The number of esters is 1. The van der Waals surface area contributed by atoms with Crippen LogP contribution in [-0.2, 0) is 14.3 Å². The Morgan fingerprint density at radius 2 is 2.00 bits per heavy atom. The molecule has 0 bridgehead atoms. The van der Waals surface area contributed by atoms with E-state index in [1.807, 2.05) is 0 Å². The van der Waals surface area contributed by atoms with Crippen LogP contribution in [0.1, 0.15) is 32.4 Å². The Morgan fingerprint density at radius 3 is 2.42 bits per heavy atom. The van der Waals surface area contributed by atoms with Gasteiger partial charge in [0.15, 0.2) is 0 Å². The van der Waals surface area contributed by atoms with Crippen molar-refractivity contribution in [3.05, 3.63) is 30.1 Å². The van der Waals surface area contributed by atoms with Crippen LogP contribution in [0.4, 0.5) is 0 Å². The molecule has 1 rings (SSSR count). The zero-order chi connectivity index (χ0) is 14.6. The van der Waals surface area contributed by atoms with Gasteiger partial charge in [-0.25, -0.2) is 0 Å². The maximum absolute atomic E-state index is 12.1. The maximum atomic E-state index is 12.1. The van der Waals surface area contributed by atoms with Gasteiger partial charge < -0.3 is 15.6 Å². The zero-order valence-electron chi connectivity index (χ0n) is 11.2. The van der Waals surface area contributed by atoms with Crippen molar-refractivity contribution in [2.24, 2.45) is 5.73 Å². The molecule has 2 unspecified atom stereocenters. The van der Waals surface area contributed by atoms with E-state index in [0.717, 1.165) is 0 Å². The van der Waals surface area contributed by atoms with Crippen molar-refractivity contribution >= 4 is 11.9 Å². The fourth-order valence-electron chi connectivity index (χ4n) is 1.52. The molecule has 19 heavy (non-hydrogen) atoms. The molecule has 0 aliphatic carbocycles. The van der Waals surface area contributed by atoms with E-state index in [4.69, 9.17) is 15.6 Å². The molecule has 1 heterocycles. The Balaban J connectivity index is 3.07. The van der Waals surface area contributed by atoms with E-state index in [0.29, 0.717) is 0 Å². The van der Waals surface area contributed by atoms with Crippen molar-refractivity contribution in [1.29, 1.82) is 0 Å². The van der Waals surface area contributed by atoms with Crippen LogP contribution in [0.25, 0.3) is 0 Å². The summed E-state index contributed by atoms with van der Waals surface area (Å²) < 4.78 is 5.20.